The highest BCUT2D eigenvalue weighted by Gasteiger charge is 2.36. The number of hydrogen-bond acceptors (Lipinski definition) is 3. The van der Waals surface area contributed by atoms with Crippen LogP contribution in [0.4, 0.5) is 0 Å². The van der Waals surface area contributed by atoms with Crippen LogP contribution in [0.25, 0.3) is 0 Å². The Balaban J connectivity index is 2.43. The van der Waals surface area contributed by atoms with Crippen molar-refractivity contribution in [2.75, 3.05) is 6.54 Å². The predicted octanol–water partition coefficient (Wildman–Crippen LogP) is 3.02. The Kier molecular flexibility index (Phi) is 4.38. The van der Waals surface area contributed by atoms with Gasteiger partial charge >= 0.3 is 0 Å². The highest BCUT2D eigenvalue weighted by molar-refractivity contribution is 7.89. The van der Waals surface area contributed by atoms with Crippen molar-refractivity contribution in [3.8, 4) is 6.07 Å². The number of halogens is 1. The molecule has 0 spiro atoms. The molecule has 0 bridgehead atoms. The number of benzene rings is 1. The van der Waals surface area contributed by atoms with Crippen LogP contribution in [0, 0.1) is 17.2 Å². The highest BCUT2D eigenvalue weighted by Crippen LogP contribution is 2.31. The first-order valence-corrected chi connectivity index (χ1v) is 8.41. The molecule has 1 aliphatic heterocycles. The van der Waals surface area contributed by atoms with E-state index in [1.54, 1.807) is 4.31 Å². The molecule has 108 valence electrons. The molecule has 1 atom stereocenters. The van der Waals surface area contributed by atoms with Crippen LogP contribution in [0.5, 0.6) is 0 Å². The maximum atomic E-state index is 12.7. The van der Waals surface area contributed by atoms with Crippen LogP contribution in [0.2, 0.25) is 5.02 Å². The van der Waals surface area contributed by atoms with Crippen molar-refractivity contribution in [1.29, 1.82) is 5.26 Å². The van der Waals surface area contributed by atoms with Gasteiger partial charge in [0.25, 0.3) is 0 Å². The minimum absolute atomic E-state index is 0.0289. The summed E-state index contributed by atoms with van der Waals surface area (Å²) in [5.41, 5.74) is 0.188. The Hall–Kier alpha value is -1.09. The second kappa shape index (κ2) is 5.72. The summed E-state index contributed by atoms with van der Waals surface area (Å²) in [6.07, 6.45) is 1.76. The Morgan fingerprint density at radius 3 is 2.75 bits per heavy atom. The van der Waals surface area contributed by atoms with Crippen LogP contribution in [0.15, 0.2) is 23.1 Å². The second-order valence-electron chi connectivity index (χ2n) is 5.32. The molecule has 4 nitrogen and oxygen atoms in total. The topological polar surface area (TPSA) is 61.2 Å². The standard InChI is InChI=1S/C14H17ClN2O2S/c1-10(2)14-4-3-7-17(14)20(18,19)12-5-6-13(15)11(8-12)9-16/h5-6,8,10,14H,3-4,7H2,1-2H3. The smallest absolute Gasteiger partial charge is 0.207 e. The summed E-state index contributed by atoms with van der Waals surface area (Å²) < 4.78 is 27.0. The van der Waals surface area contributed by atoms with E-state index >= 15 is 0 Å². The zero-order chi connectivity index (χ0) is 14.9. The Morgan fingerprint density at radius 2 is 2.15 bits per heavy atom. The average Bonchev–Trinajstić information content (AvgIpc) is 2.89. The van der Waals surface area contributed by atoms with Gasteiger partial charge in [-0.25, -0.2) is 8.42 Å². The van der Waals surface area contributed by atoms with Crippen LogP contribution in [0.3, 0.4) is 0 Å². The quantitative estimate of drug-likeness (QED) is 0.862. The number of nitrogens with zero attached hydrogens (tertiary/aromatic N) is 2. The van der Waals surface area contributed by atoms with E-state index in [0.717, 1.165) is 12.8 Å². The first-order valence-electron chi connectivity index (χ1n) is 6.59. The lowest BCUT2D eigenvalue weighted by Crippen LogP contribution is -2.38. The molecule has 1 aromatic carbocycles. The molecule has 1 aromatic rings. The van der Waals surface area contributed by atoms with E-state index in [9.17, 15) is 8.42 Å². The van der Waals surface area contributed by atoms with Gasteiger partial charge in [-0.1, -0.05) is 25.4 Å². The molecule has 0 aromatic heterocycles. The van der Waals surface area contributed by atoms with E-state index in [4.69, 9.17) is 16.9 Å². The zero-order valence-electron chi connectivity index (χ0n) is 11.5. The second-order valence-corrected chi connectivity index (χ2v) is 7.62. The molecule has 0 aliphatic carbocycles. The molecule has 20 heavy (non-hydrogen) atoms. The minimum atomic E-state index is -3.56. The molecule has 2 rings (SSSR count). The minimum Gasteiger partial charge on any atom is -0.207 e. The maximum absolute atomic E-state index is 12.7. The van der Waals surface area contributed by atoms with Gasteiger partial charge in [0.05, 0.1) is 15.5 Å². The normalized spacial score (nSPS) is 20.2. The molecule has 1 unspecified atom stereocenters. The molecule has 1 fully saturated rings. The summed E-state index contributed by atoms with van der Waals surface area (Å²) in [6.45, 7) is 4.60. The lowest BCUT2D eigenvalue weighted by Gasteiger charge is -2.27. The summed E-state index contributed by atoms with van der Waals surface area (Å²) in [6, 6.07) is 6.23. The van der Waals surface area contributed by atoms with Gasteiger partial charge in [-0.2, -0.15) is 9.57 Å². The van der Waals surface area contributed by atoms with Crippen molar-refractivity contribution in [2.45, 2.75) is 37.6 Å². The van der Waals surface area contributed by atoms with Crippen molar-refractivity contribution in [2.24, 2.45) is 5.92 Å². The first-order chi connectivity index (χ1) is 9.37. The van der Waals surface area contributed by atoms with Gasteiger partial charge in [-0.05, 0) is 37.0 Å². The van der Waals surface area contributed by atoms with Gasteiger partial charge in [0, 0.05) is 12.6 Å². The number of rotatable bonds is 3. The maximum Gasteiger partial charge on any atom is 0.243 e. The zero-order valence-corrected chi connectivity index (χ0v) is 13.1. The fraction of sp³-hybridized carbons (Fsp3) is 0.500. The van der Waals surface area contributed by atoms with E-state index in [1.807, 2.05) is 19.9 Å². The first kappa shape index (κ1) is 15.3. The number of nitriles is 1. The van der Waals surface area contributed by atoms with Gasteiger partial charge in [-0.15, -0.1) is 0 Å². The summed E-state index contributed by atoms with van der Waals surface area (Å²) >= 11 is 5.85. The predicted molar refractivity (Wildman–Crippen MR) is 77.9 cm³/mol. The third-order valence-corrected chi connectivity index (χ3v) is 5.93. The summed E-state index contributed by atoms with van der Waals surface area (Å²) in [7, 11) is -3.56. The SMILES string of the molecule is CC(C)C1CCCN1S(=O)(=O)c1ccc(Cl)c(C#N)c1. The molecule has 0 amide bonds. The molecule has 6 heteroatoms. The fourth-order valence-corrected chi connectivity index (χ4v) is 4.63. The van der Waals surface area contributed by atoms with Crippen molar-refractivity contribution < 1.29 is 8.42 Å². The lowest BCUT2D eigenvalue weighted by atomic mass is 10.0. The van der Waals surface area contributed by atoms with Crippen molar-refractivity contribution in [3.63, 3.8) is 0 Å². The van der Waals surface area contributed by atoms with E-state index < -0.39 is 10.0 Å². The molecule has 1 saturated heterocycles. The highest BCUT2D eigenvalue weighted by atomic mass is 35.5. The van der Waals surface area contributed by atoms with E-state index in [1.165, 1.54) is 18.2 Å². The van der Waals surface area contributed by atoms with E-state index in [0.29, 0.717) is 6.54 Å². The molecule has 0 saturated carbocycles. The summed E-state index contributed by atoms with van der Waals surface area (Å²) in [5, 5.41) is 9.24. The lowest BCUT2D eigenvalue weighted by molar-refractivity contribution is 0.316. The molecular weight excluding hydrogens is 296 g/mol. The largest absolute Gasteiger partial charge is 0.243 e. The summed E-state index contributed by atoms with van der Waals surface area (Å²) in [5.74, 6) is 0.273. The molecule has 0 N–H and O–H groups in total. The number of sulfonamides is 1. The molecule has 0 radical (unpaired) electrons. The fourth-order valence-electron chi connectivity index (χ4n) is 2.62. The Labute approximate surface area is 125 Å². The van der Waals surface area contributed by atoms with Gasteiger partial charge in [-0.3, -0.25) is 0 Å². The monoisotopic (exact) mass is 312 g/mol. The Bertz CT molecular complexity index is 650. The van der Waals surface area contributed by atoms with Crippen molar-refractivity contribution in [1.82, 2.24) is 4.31 Å². The van der Waals surface area contributed by atoms with Crippen LogP contribution in [0.1, 0.15) is 32.3 Å². The van der Waals surface area contributed by atoms with Gasteiger partial charge in [0.1, 0.15) is 6.07 Å². The molecule has 1 heterocycles. The van der Waals surface area contributed by atoms with Crippen LogP contribution >= 0.6 is 11.6 Å². The van der Waals surface area contributed by atoms with Gasteiger partial charge in [0.15, 0.2) is 0 Å². The van der Waals surface area contributed by atoms with Crippen molar-refractivity contribution in [3.05, 3.63) is 28.8 Å². The Morgan fingerprint density at radius 1 is 1.45 bits per heavy atom. The summed E-state index contributed by atoms with van der Waals surface area (Å²) in [4.78, 5) is 0.144. The van der Waals surface area contributed by atoms with Crippen LogP contribution < -0.4 is 0 Å². The average molecular weight is 313 g/mol. The van der Waals surface area contributed by atoms with E-state index in [2.05, 4.69) is 0 Å². The van der Waals surface area contributed by atoms with Crippen molar-refractivity contribution >= 4 is 21.6 Å². The van der Waals surface area contributed by atoms with Gasteiger partial charge in [0.2, 0.25) is 10.0 Å². The van der Waals surface area contributed by atoms with Crippen LogP contribution in [-0.2, 0) is 10.0 Å². The van der Waals surface area contributed by atoms with Crippen LogP contribution in [-0.4, -0.2) is 25.3 Å². The molecular formula is C14H17ClN2O2S. The number of hydrogen-bond donors (Lipinski definition) is 0. The van der Waals surface area contributed by atoms with Gasteiger partial charge < -0.3 is 0 Å². The van der Waals surface area contributed by atoms with E-state index in [-0.39, 0.29) is 27.4 Å². The third kappa shape index (κ3) is 2.69. The molecule has 1 aliphatic rings. The third-order valence-electron chi connectivity index (χ3n) is 3.68.